The smallest absolute Gasteiger partial charge is 0.124 e. The highest BCUT2D eigenvalue weighted by atomic mass is 79.9. The van der Waals surface area contributed by atoms with Crippen LogP contribution in [-0.2, 0) is 0 Å². The predicted molar refractivity (Wildman–Crippen MR) is 83.7 cm³/mol. The third-order valence-electron chi connectivity index (χ3n) is 3.67. The molecule has 0 amide bonds. The fourth-order valence-electron chi connectivity index (χ4n) is 2.55. The molecular weight excluding hydrogens is 302 g/mol. The molecule has 0 bridgehead atoms. The summed E-state index contributed by atoms with van der Waals surface area (Å²) in [6, 6.07) is 7.26. The Hall–Kier alpha value is -0.540. The van der Waals surface area contributed by atoms with E-state index in [4.69, 9.17) is 4.74 Å². The Morgan fingerprint density at radius 3 is 2.84 bits per heavy atom. The number of ether oxygens (including phenoxy) is 1. The summed E-state index contributed by atoms with van der Waals surface area (Å²) in [5.74, 6) is 1.81. The molecule has 0 saturated carbocycles. The van der Waals surface area contributed by atoms with Crippen LogP contribution in [0.4, 0.5) is 0 Å². The van der Waals surface area contributed by atoms with Crippen LogP contribution in [0.1, 0.15) is 51.6 Å². The first-order valence-electron chi connectivity index (χ1n) is 7.24. The monoisotopic (exact) mass is 325 g/mol. The van der Waals surface area contributed by atoms with E-state index in [-0.39, 0.29) is 0 Å². The lowest BCUT2D eigenvalue weighted by Crippen LogP contribution is -2.34. The Bertz CT molecular complexity index is 419. The molecule has 2 unspecified atom stereocenters. The van der Waals surface area contributed by atoms with Gasteiger partial charge < -0.3 is 10.1 Å². The number of halogens is 1. The standard InChI is InChI=1S/C16H24BrNO/c1-11(2)4-5-12(3)18-15-8-9-19-16-7-6-13(17)10-14(15)16/h6-7,10-12,15,18H,4-5,8-9H2,1-3H3. The van der Waals surface area contributed by atoms with E-state index in [1.807, 2.05) is 6.07 Å². The molecule has 1 aromatic carbocycles. The van der Waals surface area contributed by atoms with Crippen LogP contribution in [0.3, 0.4) is 0 Å². The molecule has 1 aliphatic heterocycles. The maximum Gasteiger partial charge on any atom is 0.124 e. The molecule has 1 N–H and O–H groups in total. The summed E-state index contributed by atoms with van der Waals surface area (Å²) in [4.78, 5) is 0. The number of hydrogen-bond acceptors (Lipinski definition) is 2. The van der Waals surface area contributed by atoms with Gasteiger partial charge in [-0.05, 0) is 43.9 Å². The van der Waals surface area contributed by atoms with Gasteiger partial charge in [-0.1, -0.05) is 29.8 Å². The van der Waals surface area contributed by atoms with E-state index < -0.39 is 0 Å². The van der Waals surface area contributed by atoms with Crippen molar-refractivity contribution in [3.63, 3.8) is 0 Å². The summed E-state index contributed by atoms with van der Waals surface area (Å²) in [7, 11) is 0. The van der Waals surface area contributed by atoms with Crippen molar-refractivity contribution < 1.29 is 4.74 Å². The third-order valence-corrected chi connectivity index (χ3v) is 4.17. The molecule has 0 fully saturated rings. The Morgan fingerprint density at radius 1 is 1.32 bits per heavy atom. The minimum Gasteiger partial charge on any atom is -0.493 e. The van der Waals surface area contributed by atoms with Gasteiger partial charge in [0.15, 0.2) is 0 Å². The van der Waals surface area contributed by atoms with Gasteiger partial charge in [0.2, 0.25) is 0 Å². The van der Waals surface area contributed by atoms with Gasteiger partial charge in [0.25, 0.3) is 0 Å². The lowest BCUT2D eigenvalue weighted by atomic mass is 9.98. The summed E-state index contributed by atoms with van der Waals surface area (Å²) in [6.45, 7) is 7.67. The second-order valence-electron chi connectivity index (χ2n) is 5.91. The number of nitrogens with one attached hydrogen (secondary N) is 1. The van der Waals surface area contributed by atoms with Crippen LogP contribution in [0.2, 0.25) is 0 Å². The molecule has 0 spiro atoms. The first kappa shape index (κ1) is 14.9. The van der Waals surface area contributed by atoms with Crippen LogP contribution in [0.5, 0.6) is 5.75 Å². The molecule has 0 saturated heterocycles. The molecule has 0 radical (unpaired) electrons. The van der Waals surface area contributed by atoms with Crippen molar-refractivity contribution in [3.05, 3.63) is 28.2 Å². The lowest BCUT2D eigenvalue weighted by Gasteiger charge is -2.29. The highest BCUT2D eigenvalue weighted by Gasteiger charge is 2.22. The third kappa shape index (κ3) is 4.22. The predicted octanol–water partition coefficient (Wildman–Crippen LogP) is 4.69. The molecule has 1 aromatic rings. The zero-order valence-corrected chi connectivity index (χ0v) is 13.7. The van der Waals surface area contributed by atoms with Crippen LogP contribution in [0.15, 0.2) is 22.7 Å². The van der Waals surface area contributed by atoms with Gasteiger partial charge in [-0.2, -0.15) is 0 Å². The highest BCUT2D eigenvalue weighted by molar-refractivity contribution is 9.10. The molecule has 2 rings (SSSR count). The number of benzene rings is 1. The number of hydrogen-bond donors (Lipinski definition) is 1. The van der Waals surface area contributed by atoms with Crippen LogP contribution in [0, 0.1) is 5.92 Å². The minimum absolute atomic E-state index is 0.420. The first-order valence-corrected chi connectivity index (χ1v) is 8.04. The lowest BCUT2D eigenvalue weighted by molar-refractivity contribution is 0.242. The van der Waals surface area contributed by atoms with Gasteiger partial charge in [-0.15, -0.1) is 0 Å². The SMILES string of the molecule is CC(C)CCC(C)NC1CCOc2ccc(Br)cc21. The van der Waals surface area contributed by atoms with Crippen molar-refractivity contribution in [3.8, 4) is 5.75 Å². The Morgan fingerprint density at radius 2 is 2.11 bits per heavy atom. The molecule has 3 heteroatoms. The maximum atomic E-state index is 5.73. The van der Waals surface area contributed by atoms with E-state index >= 15 is 0 Å². The van der Waals surface area contributed by atoms with Crippen molar-refractivity contribution >= 4 is 15.9 Å². The van der Waals surface area contributed by atoms with Crippen LogP contribution < -0.4 is 10.1 Å². The Kier molecular flexibility index (Phi) is 5.28. The normalized spacial score (nSPS) is 19.9. The molecule has 2 atom stereocenters. The summed E-state index contributed by atoms with van der Waals surface area (Å²) in [5.41, 5.74) is 1.29. The van der Waals surface area contributed by atoms with E-state index in [0.717, 1.165) is 29.2 Å². The van der Waals surface area contributed by atoms with E-state index in [1.54, 1.807) is 0 Å². The van der Waals surface area contributed by atoms with Crippen LogP contribution >= 0.6 is 15.9 Å². The molecule has 19 heavy (non-hydrogen) atoms. The number of rotatable bonds is 5. The summed E-state index contributed by atoms with van der Waals surface area (Å²) in [6.07, 6.45) is 3.57. The van der Waals surface area contributed by atoms with Gasteiger partial charge in [0.05, 0.1) is 6.61 Å². The van der Waals surface area contributed by atoms with Crippen molar-refractivity contribution in [1.29, 1.82) is 0 Å². The highest BCUT2D eigenvalue weighted by Crippen LogP contribution is 2.34. The van der Waals surface area contributed by atoms with Gasteiger partial charge in [0, 0.05) is 28.5 Å². The van der Waals surface area contributed by atoms with Gasteiger partial charge in [0.1, 0.15) is 5.75 Å². The van der Waals surface area contributed by atoms with Crippen molar-refractivity contribution in [2.45, 2.75) is 52.1 Å². The van der Waals surface area contributed by atoms with E-state index in [2.05, 4.69) is 54.2 Å². The Balaban J connectivity index is 2.00. The summed E-state index contributed by atoms with van der Waals surface area (Å²) in [5, 5.41) is 3.76. The molecule has 1 aliphatic rings. The average Bonchev–Trinajstić information content (AvgIpc) is 2.37. The minimum atomic E-state index is 0.420. The second-order valence-corrected chi connectivity index (χ2v) is 6.83. The van der Waals surface area contributed by atoms with Crippen LogP contribution in [0.25, 0.3) is 0 Å². The van der Waals surface area contributed by atoms with E-state index in [9.17, 15) is 0 Å². The fourth-order valence-corrected chi connectivity index (χ4v) is 2.93. The average molecular weight is 326 g/mol. The topological polar surface area (TPSA) is 21.3 Å². The summed E-state index contributed by atoms with van der Waals surface area (Å²) >= 11 is 3.55. The largest absolute Gasteiger partial charge is 0.493 e. The second kappa shape index (κ2) is 6.76. The van der Waals surface area contributed by atoms with E-state index in [0.29, 0.717) is 12.1 Å². The van der Waals surface area contributed by atoms with Gasteiger partial charge >= 0.3 is 0 Å². The molecule has 106 valence electrons. The summed E-state index contributed by atoms with van der Waals surface area (Å²) < 4.78 is 6.85. The van der Waals surface area contributed by atoms with Gasteiger partial charge in [-0.25, -0.2) is 0 Å². The van der Waals surface area contributed by atoms with Crippen molar-refractivity contribution in [2.75, 3.05) is 6.61 Å². The quantitative estimate of drug-likeness (QED) is 0.848. The molecule has 0 aliphatic carbocycles. The van der Waals surface area contributed by atoms with Crippen molar-refractivity contribution in [2.24, 2.45) is 5.92 Å². The van der Waals surface area contributed by atoms with Gasteiger partial charge in [-0.3, -0.25) is 0 Å². The molecule has 2 nitrogen and oxygen atoms in total. The van der Waals surface area contributed by atoms with Crippen molar-refractivity contribution in [1.82, 2.24) is 5.32 Å². The number of fused-ring (bicyclic) bond motifs is 1. The van der Waals surface area contributed by atoms with Crippen LogP contribution in [-0.4, -0.2) is 12.6 Å². The zero-order valence-electron chi connectivity index (χ0n) is 12.1. The maximum absolute atomic E-state index is 5.73. The molecular formula is C16H24BrNO. The molecule has 1 heterocycles. The molecule has 0 aromatic heterocycles. The Labute approximate surface area is 125 Å². The van der Waals surface area contributed by atoms with E-state index in [1.165, 1.54) is 18.4 Å². The zero-order chi connectivity index (χ0) is 13.8. The first-order chi connectivity index (χ1) is 9.06. The fraction of sp³-hybridized carbons (Fsp3) is 0.625.